The zero-order valence-corrected chi connectivity index (χ0v) is 10.1. The molecule has 0 fully saturated rings. The van der Waals surface area contributed by atoms with Crippen LogP contribution in [0.15, 0.2) is 18.2 Å². The van der Waals surface area contributed by atoms with Crippen molar-refractivity contribution >= 4 is 5.95 Å². The second-order valence-electron chi connectivity index (χ2n) is 3.57. The highest BCUT2D eigenvalue weighted by Crippen LogP contribution is 2.20. The number of nitriles is 1. The van der Waals surface area contributed by atoms with E-state index in [2.05, 4.69) is 15.0 Å². The Balaban J connectivity index is 2.52. The fourth-order valence-corrected chi connectivity index (χ4v) is 1.48. The maximum atomic E-state index is 13.4. The quantitative estimate of drug-likeness (QED) is 0.897. The third-order valence-electron chi connectivity index (χ3n) is 2.19. The zero-order chi connectivity index (χ0) is 13.8. The van der Waals surface area contributed by atoms with Gasteiger partial charge in [-0.1, -0.05) is 0 Å². The minimum atomic E-state index is -0.550. The molecule has 0 spiro atoms. The number of aromatic nitrogens is 3. The molecule has 0 radical (unpaired) electrons. The number of nitrogen functional groups attached to an aromatic ring is 1. The van der Waals surface area contributed by atoms with E-state index in [1.54, 1.807) is 6.92 Å². The Morgan fingerprint density at radius 1 is 1.32 bits per heavy atom. The van der Waals surface area contributed by atoms with Gasteiger partial charge in [-0.3, -0.25) is 0 Å². The van der Waals surface area contributed by atoms with Crippen molar-refractivity contribution in [1.29, 1.82) is 5.26 Å². The van der Waals surface area contributed by atoms with Crippen LogP contribution in [0.1, 0.15) is 12.5 Å². The van der Waals surface area contributed by atoms with Crippen LogP contribution in [0, 0.1) is 17.1 Å². The van der Waals surface area contributed by atoms with Gasteiger partial charge in [-0.15, -0.1) is 0 Å². The predicted octanol–water partition coefficient (Wildman–Crippen LogP) is 1.53. The topological polar surface area (TPSA) is 97.7 Å². The summed E-state index contributed by atoms with van der Waals surface area (Å²) in [4.78, 5) is 11.7. The van der Waals surface area contributed by atoms with Gasteiger partial charge in [0.1, 0.15) is 5.82 Å². The molecule has 2 N–H and O–H groups in total. The normalized spacial score (nSPS) is 9.95. The van der Waals surface area contributed by atoms with Crippen molar-refractivity contribution < 1.29 is 9.13 Å². The molecule has 0 unspecified atom stereocenters. The lowest BCUT2D eigenvalue weighted by Crippen LogP contribution is -2.05. The van der Waals surface area contributed by atoms with Gasteiger partial charge in [-0.2, -0.15) is 20.2 Å². The molecule has 1 aromatic carbocycles. The SMILES string of the molecule is CCOc1nc(N)nc(-c2cc(F)cc(C#N)c2)n1. The highest BCUT2D eigenvalue weighted by Gasteiger charge is 2.10. The Morgan fingerprint density at radius 3 is 2.79 bits per heavy atom. The number of hydrogen-bond donors (Lipinski definition) is 1. The Hall–Kier alpha value is -2.75. The number of halogens is 1. The molecule has 0 bridgehead atoms. The van der Waals surface area contributed by atoms with Crippen LogP contribution >= 0.6 is 0 Å². The third-order valence-corrected chi connectivity index (χ3v) is 2.19. The van der Waals surface area contributed by atoms with E-state index in [1.165, 1.54) is 12.1 Å². The second kappa shape index (κ2) is 5.27. The van der Waals surface area contributed by atoms with E-state index in [1.807, 2.05) is 6.07 Å². The van der Waals surface area contributed by atoms with Crippen molar-refractivity contribution in [2.75, 3.05) is 12.3 Å². The van der Waals surface area contributed by atoms with Crippen molar-refractivity contribution in [1.82, 2.24) is 15.0 Å². The summed E-state index contributed by atoms with van der Waals surface area (Å²) in [6, 6.07) is 5.72. The lowest BCUT2D eigenvalue weighted by atomic mass is 10.1. The summed E-state index contributed by atoms with van der Waals surface area (Å²) in [6.45, 7) is 2.14. The van der Waals surface area contributed by atoms with Gasteiger partial charge in [0.05, 0.1) is 18.2 Å². The maximum absolute atomic E-state index is 13.4. The first-order valence-corrected chi connectivity index (χ1v) is 5.47. The molecule has 2 aromatic rings. The highest BCUT2D eigenvalue weighted by molar-refractivity contribution is 5.59. The van der Waals surface area contributed by atoms with Gasteiger partial charge in [0, 0.05) is 5.56 Å². The molecule has 0 atom stereocenters. The van der Waals surface area contributed by atoms with Crippen LogP contribution < -0.4 is 10.5 Å². The van der Waals surface area contributed by atoms with Crippen molar-refractivity contribution in [3.05, 3.63) is 29.6 Å². The number of rotatable bonds is 3. The monoisotopic (exact) mass is 259 g/mol. The second-order valence-corrected chi connectivity index (χ2v) is 3.57. The van der Waals surface area contributed by atoms with Crippen LogP contribution in [-0.2, 0) is 0 Å². The van der Waals surface area contributed by atoms with Crippen LogP contribution in [0.5, 0.6) is 6.01 Å². The van der Waals surface area contributed by atoms with Crippen molar-refractivity contribution in [2.24, 2.45) is 0 Å². The van der Waals surface area contributed by atoms with E-state index in [9.17, 15) is 4.39 Å². The molecule has 0 saturated heterocycles. The first kappa shape index (κ1) is 12.7. The van der Waals surface area contributed by atoms with Crippen LogP contribution in [-0.4, -0.2) is 21.6 Å². The molecule has 96 valence electrons. The van der Waals surface area contributed by atoms with Crippen molar-refractivity contribution in [3.8, 4) is 23.5 Å². The molecule has 0 aliphatic rings. The largest absolute Gasteiger partial charge is 0.464 e. The number of ether oxygens (including phenoxy) is 1. The Labute approximate surface area is 108 Å². The van der Waals surface area contributed by atoms with Gasteiger partial charge in [0.2, 0.25) is 5.95 Å². The van der Waals surface area contributed by atoms with E-state index in [0.717, 1.165) is 6.07 Å². The molecule has 7 heteroatoms. The van der Waals surface area contributed by atoms with Crippen LogP contribution in [0.25, 0.3) is 11.4 Å². The molecule has 1 heterocycles. The van der Waals surface area contributed by atoms with E-state index in [4.69, 9.17) is 15.7 Å². The Bertz CT molecular complexity index is 653. The van der Waals surface area contributed by atoms with Gasteiger partial charge in [0.15, 0.2) is 5.82 Å². The molecule has 6 nitrogen and oxygen atoms in total. The summed E-state index contributed by atoms with van der Waals surface area (Å²) < 4.78 is 18.5. The van der Waals surface area contributed by atoms with Gasteiger partial charge in [-0.25, -0.2) is 4.39 Å². The van der Waals surface area contributed by atoms with E-state index in [-0.39, 0.29) is 23.3 Å². The first-order chi connectivity index (χ1) is 9.12. The van der Waals surface area contributed by atoms with Crippen LogP contribution in [0.2, 0.25) is 0 Å². The first-order valence-electron chi connectivity index (χ1n) is 5.47. The van der Waals surface area contributed by atoms with Gasteiger partial charge in [0.25, 0.3) is 0 Å². The summed E-state index contributed by atoms with van der Waals surface area (Å²) >= 11 is 0. The average molecular weight is 259 g/mol. The summed E-state index contributed by atoms with van der Waals surface area (Å²) in [5, 5.41) is 8.81. The third kappa shape index (κ3) is 2.93. The van der Waals surface area contributed by atoms with Gasteiger partial charge < -0.3 is 10.5 Å². The minimum absolute atomic E-state index is 0.0313. The number of nitrogens with zero attached hydrogens (tertiary/aromatic N) is 4. The summed E-state index contributed by atoms with van der Waals surface area (Å²) in [5.41, 5.74) is 6.05. The fourth-order valence-electron chi connectivity index (χ4n) is 1.48. The van der Waals surface area contributed by atoms with E-state index < -0.39 is 5.82 Å². The maximum Gasteiger partial charge on any atom is 0.321 e. The molecule has 0 amide bonds. The predicted molar refractivity (Wildman–Crippen MR) is 65.5 cm³/mol. The van der Waals surface area contributed by atoms with E-state index >= 15 is 0 Å². The van der Waals surface area contributed by atoms with Gasteiger partial charge in [-0.05, 0) is 25.1 Å². The Morgan fingerprint density at radius 2 is 2.11 bits per heavy atom. The summed E-state index contributed by atoms with van der Waals surface area (Å²) in [7, 11) is 0. The molecule has 0 aliphatic carbocycles. The van der Waals surface area contributed by atoms with E-state index in [0.29, 0.717) is 12.2 Å². The highest BCUT2D eigenvalue weighted by atomic mass is 19.1. The van der Waals surface area contributed by atoms with Gasteiger partial charge >= 0.3 is 6.01 Å². The molecule has 0 saturated carbocycles. The molecule has 2 rings (SSSR count). The molecular formula is C12H10FN5O. The van der Waals surface area contributed by atoms with Crippen molar-refractivity contribution in [3.63, 3.8) is 0 Å². The number of nitrogens with two attached hydrogens (primary N) is 1. The number of anilines is 1. The van der Waals surface area contributed by atoms with Crippen LogP contribution in [0.3, 0.4) is 0 Å². The molecule has 1 aromatic heterocycles. The number of hydrogen-bond acceptors (Lipinski definition) is 6. The summed E-state index contributed by atoms with van der Waals surface area (Å²) in [6.07, 6.45) is 0. The van der Waals surface area contributed by atoms with Crippen molar-refractivity contribution in [2.45, 2.75) is 6.92 Å². The fraction of sp³-hybridized carbons (Fsp3) is 0.167. The molecular weight excluding hydrogens is 249 g/mol. The zero-order valence-electron chi connectivity index (χ0n) is 10.1. The summed E-state index contributed by atoms with van der Waals surface area (Å²) in [5.74, 6) is -0.422. The minimum Gasteiger partial charge on any atom is -0.464 e. The standard InChI is InChI=1S/C12H10FN5O/c1-2-19-12-17-10(16-11(15)18-12)8-3-7(6-14)4-9(13)5-8/h3-5H,2H2,1H3,(H2,15,16,17,18). The molecule has 0 aliphatic heterocycles. The van der Waals surface area contributed by atoms with Crippen LogP contribution in [0.4, 0.5) is 10.3 Å². The Kier molecular flexibility index (Phi) is 3.52. The number of benzene rings is 1. The lowest BCUT2D eigenvalue weighted by Gasteiger charge is -2.05. The smallest absolute Gasteiger partial charge is 0.321 e. The molecule has 19 heavy (non-hydrogen) atoms. The lowest BCUT2D eigenvalue weighted by molar-refractivity contribution is 0.312. The average Bonchev–Trinajstić information content (AvgIpc) is 2.37.